The van der Waals surface area contributed by atoms with E-state index < -0.39 is 5.97 Å². The van der Waals surface area contributed by atoms with Crippen LogP contribution < -0.4 is 14.8 Å². The van der Waals surface area contributed by atoms with E-state index >= 15 is 0 Å². The lowest BCUT2D eigenvalue weighted by Gasteiger charge is -2.11. The number of esters is 1. The van der Waals surface area contributed by atoms with Gasteiger partial charge in [0, 0.05) is 12.0 Å². The van der Waals surface area contributed by atoms with Gasteiger partial charge in [0.15, 0.2) is 17.3 Å². The minimum atomic E-state index is -0.492. The van der Waals surface area contributed by atoms with E-state index in [1.165, 1.54) is 14.0 Å². The summed E-state index contributed by atoms with van der Waals surface area (Å²) in [6.45, 7) is 1.77. The number of hydrogen-bond acceptors (Lipinski definition) is 6. The summed E-state index contributed by atoms with van der Waals surface area (Å²) in [6, 6.07) is 14.3. The molecular formula is C22H25NO6. The van der Waals surface area contributed by atoms with Gasteiger partial charge in [0.1, 0.15) is 13.2 Å². The summed E-state index contributed by atoms with van der Waals surface area (Å²) in [7, 11) is 1.50. The maximum Gasteiger partial charge on any atom is 0.325 e. The number of benzene rings is 2. The topological polar surface area (TPSA) is 90.9 Å². The predicted octanol–water partition coefficient (Wildman–Crippen LogP) is 2.92. The summed E-state index contributed by atoms with van der Waals surface area (Å²) >= 11 is 0. The van der Waals surface area contributed by atoms with Crippen molar-refractivity contribution < 1.29 is 28.6 Å². The van der Waals surface area contributed by atoms with Crippen molar-refractivity contribution >= 4 is 17.7 Å². The summed E-state index contributed by atoms with van der Waals surface area (Å²) < 4.78 is 15.9. The van der Waals surface area contributed by atoms with Crippen LogP contribution in [0.3, 0.4) is 0 Å². The van der Waals surface area contributed by atoms with E-state index in [1.807, 2.05) is 30.3 Å². The fourth-order valence-electron chi connectivity index (χ4n) is 2.47. The summed E-state index contributed by atoms with van der Waals surface area (Å²) in [4.78, 5) is 34.9. The quantitative estimate of drug-likeness (QED) is 0.355. The van der Waals surface area contributed by atoms with E-state index in [1.54, 1.807) is 18.2 Å². The average Bonchev–Trinajstić information content (AvgIpc) is 2.74. The summed E-state index contributed by atoms with van der Waals surface area (Å²) in [6.07, 6.45) is 0.669. The number of ether oxygens (including phenoxy) is 3. The molecule has 7 heteroatoms. The fourth-order valence-corrected chi connectivity index (χ4v) is 2.47. The maximum atomic E-state index is 11.8. The van der Waals surface area contributed by atoms with Crippen LogP contribution in [0.5, 0.6) is 11.5 Å². The molecule has 0 aliphatic heterocycles. The van der Waals surface area contributed by atoms with Crippen molar-refractivity contribution in [2.24, 2.45) is 0 Å². The van der Waals surface area contributed by atoms with Crippen LogP contribution in [0, 0.1) is 0 Å². The van der Waals surface area contributed by atoms with Gasteiger partial charge in [-0.3, -0.25) is 14.4 Å². The number of ketones is 1. The highest BCUT2D eigenvalue weighted by Crippen LogP contribution is 2.28. The molecule has 0 aliphatic carbocycles. The molecular weight excluding hydrogens is 374 g/mol. The molecule has 1 amide bonds. The molecule has 2 aromatic carbocycles. The average molecular weight is 399 g/mol. The highest BCUT2D eigenvalue weighted by atomic mass is 16.5. The molecule has 0 atom stereocenters. The van der Waals surface area contributed by atoms with Crippen LogP contribution in [-0.4, -0.2) is 37.9 Å². The van der Waals surface area contributed by atoms with Crippen LogP contribution in [0.2, 0.25) is 0 Å². The normalized spacial score (nSPS) is 10.1. The number of methoxy groups -OCH3 is 1. The first-order chi connectivity index (χ1) is 14.0. The van der Waals surface area contributed by atoms with Crippen LogP contribution in [0.1, 0.15) is 35.7 Å². The monoisotopic (exact) mass is 399 g/mol. The Morgan fingerprint density at radius 3 is 2.45 bits per heavy atom. The summed E-state index contributed by atoms with van der Waals surface area (Å²) in [5.41, 5.74) is 1.42. The van der Waals surface area contributed by atoms with Gasteiger partial charge in [-0.25, -0.2) is 0 Å². The van der Waals surface area contributed by atoms with Crippen LogP contribution in [0.25, 0.3) is 0 Å². The highest BCUT2D eigenvalue weighted by molar-refractivity contribution is 5.94. The molecule has 0 aromatic heterocycles. The lowest BCUT2D eigenvalue weighted by molar-refractivity contribution is -0.145. The van der Waals surface area contributed by atoms with Gasteiger partial charge in [-0.15, -0.1) is 0 Å². The van der Waals surface area contributed by atoms with Crippen molar-refractivity contribution in [3.8, 4) is 11.5 Å². The zero-order valence-corrected chi connectivity index (χ0v) is 16.6. The number of amides is 1. The van der Waals surface area contributed by atoms with E-state index in [2.05, 4.69) is 5.32 Å². The largest absolute Gasteiger partial charge is 0.493 e. The second-order valence-corrected chi connectivity index (χ2v) is 6.30. The lowest BCUT2D eigenvalue weighted by Crippen LogP contribution is -2.30. The lowest BCUT2D eigenvalue weighted by atomic mass is 10.1. The molecule has 0 spiro atoms. The highest BCUT2D eigenvalue weighted by Gasteiger charge is 2.10. The van der Waals surface area contributed by atoms with Gasteiger partial charge in [0.2, 0.25) is 5.91 Å². The Morgan fingerprint density at radius 1 is 1.00 bits per heavy atom. The molecule has 0 radical (unpaired) electrons. The van der Waals surface area contributed by atoms with Crippen LogP contribution in [-0.2, 0) is 20.9 Å². The first kappa shape index (κ1) is 21.9. The zero-order chi connectivity index (χ0) is 21.1. The molecule has 0 heterocycles. The molecule has 2 rings (SSSR count). The third kappa shape index (κ3) is 7.65. The van der Waals surface area contributed by atoms with E-state index in [-0.39, 0.29) is 31.3 Å². The standard InChI is InChI=1S/C22H25NO6/c1-16(24)18-10-11-19(20(13-18)27-2)28-12-6-9-21(25)23-14-22(26)29-15-17-7-4-3-5-8-17/h3-5,7-8,10-11,13H,6,9,12,14-15H2,1-2H3,(H,23,25). The Kier molecular flexibility index (Phi) is 8.69. The van der Waals surface area contributed by atoms with Crippen LogP contribution in [0.4, 0.5) is 0 Å². The third-order valence-electron chi connectivity index (χ3n) is 4.05. The minimum absolute atomic E-state index is 0.0613. The van der Waals surface area contributed by atoms with Gasteiger partial charge in [0.25, 0.3) is 0 Å². The maximum absolute atomic E-state index is 11.8. The van der Waals surface area contributed by atoms with Gasteiger partial charge in [0.05, 0.1) is 13.7 Å². The second-order valence-electron chi connectivity index (χ2n) is 6.30. The first-order valence-electron chi connectivity index (χ1n) is 9.27. The second kappa shape index (κ2) is 11.5. The van der Waals surface area contributed by atoms with Crippen molar-refractivity contribution in [3.05, 3.63) is 59.7 Å². The molecule has 0 saturated carbocycles. The number of nitrogens with one attached hydrogen (secondary N) is 1. The van der Waals surface area contributed by atoms with Gasteiger partial charge >= 0.3 is 5.97 Å². The summed E-state index contributed by atoms with van der Waals surface area (Å²) in [5, 5.41) is 2.53. The van der Waals surface area contributed by atoms with Crippen molar-refractivity contribution in [1.82, 2.24) is 5.32 Å². The summed E-state index contributed by atoms with van der Waals surface area (Å²) in [5.74, 6) is 0.150. The Labute approximate surface area is 170 Å². The minimum Gasteiger partial charge on any atom is -0.493 e. The van der Waals surface area contributed by atoms with Gasteiger partial charge < -0.3 is 19.5 Å². The fraction of sp³-hybridized carbons (Fsp3) is 0.318. The molecule has 1 N–H and O–H groups in total. The molecule has 7 nitrogen and oxygen atoms in total. The van der Waals surface area contributed by atoms with Crippen LogP contribution in [0.15, 0.2) is 48.5 Å². The van der Waals surface area contributed by atoms with Gasteiger partial charge in [-0.2, -0.15) is 0 Å². The van der Waals surface area contributed by atoms with Crippen molar-refractivity contribution in [2.45, 2.75) is 26.4 Å². The van der Waals surface area contributed by atoms with Crippen molar-refractivity contribution in [1.29, 1.82) is 0 Å². The SMILES string of the molecule is COc1cc(C(C)=O)ccc1OCCCC(=O)NCC(=O)OCc1ccccc1. The molecule has 0 fully saturated rings. The third-order valence-corrected chi connectivity index (χ3v) is 4.05. The first-order valence-corrected chi connectivity index (χ1v) is 9.27. The smallest absolute Gasteiger partial charge is 0.325 e. The van der Waals surface area contributed by atoms with Gasteiger partial charge in [-0.1, -0.05) is 30.3 Å². The van der Waals surface area contributed by atoms with Crippen molar-refractivity contribution in [3.63, 3.8) is 0 Å². The Morgan fingerprint density at radius 2 is 1.76 bits per heavy atom. The number of carbonyl (C=O) groups is 3. The molecule has 2 aromatic rings. The number of rotatable bonds is 11. The Hall–Kier alpha value is -3.35. The van der Waals surface area contributed by atoms with Crippen molar-refractivity contribution in [2.75, 3.05) is 20.3 Å². The molecule has 154 valence electrons. The number of carbonyl (C=O) groups excluding carboxylic acids is 3. The van der Waals surface area contributed by atoms with E-state index in [0.717, 1.165) is 5.56 Å². The van der Waals surface area contributed by atoms with E-state index in [4.69, 9.17) is 14.2 Å². The number of hydrogen-bond donors (Lipinski definition) is 1. The molecule has 0 unspecified atom stereocenters. The van der Waals surface area contributed by atoms with Gasteiger partial charge in [-0.05, 0) is 37.1 Å². The molecule has 0 aliphatic rings. The van der Waals surface area contributed by atoms with E-state index in [0.29, 0.717) is 30.1 Å². The molecule has 29 heavy (non-hydrogen) atoms. The molecule has 0 saturated heterocycles. The molecule has 0 bridgehead atoms. The van der Waals surface area contributed by atoms with E-state index in [9.17, 15) is 14.4 Å². The predicted molar refractivity (Wildman–Crippen MR) is 107 cm³/mol. The zero-order valence-electron chi connectivity index (χ0n) is 16.6. The van der Waals surface area contributed by atoms with Crippen LogP contribution >= 0.6 is 0 Å². The Bertz CT molecular complexity index is 834. The number of Topliss-reactive ketones (excluding diaryl/α,β-unsaturated/α-hetero) is 1. The Balaban J connectivity index is 1.64.